The molecule has 0 saturated carbocycles. The maximum absolute atomic E-state index is 11.4. The molecule has 0 fully saturated rings. The van der Waals surface area contributed by atoms with Crippen molar-refractivity contribution in [3.63, 3.8) is 0 Å². The van der Waals surface area contributed by atoms with Gasteiger partial charge in [-0.05, 0) is 48.5 Å². The largest absolute Gasteiger partial charge is 0.398 e. The van der Waals surface area contributed by atoms with Gasteiger partial charge in [0.1, 0.15) is 0 Å². The van der Waals surface area contributed by atoms with Crippen LogP contribution in [-0.4, -0.2) is 25.9 Å². The van der Waals surface area contributed by atoms with E-state index < -0.39 is 20.2 Å². The van der Waals surface area contributed by atoms with Crippen LogP contribution >= 0.6 is 0 Å². The summed E-state index contributed by atoms with van der Waals surface area (Å²) in [6, 6.07) is 12.0. The van der Waals surface area contributed by atoms with Crippen LogP contribution in [0, 0.1) is 0 Å². The zero-order valence-electron chi connectivity index (χ0n) is 13.5. The molecular weight excluding hydrogens is 394 g/mol. The summed E-state index contributed by atoms with van der Waals surface area (Å²) in [5.41, 5.74) is 6.88. The van der Waals surface area contributed by atoms with Crippen molar-refractivity contribution in [3.05, 3.63) is 54.6 Å². The summed E-state index contributed by atoms with van der Waals surface area (Å²) >= 11 is 0. The summed E-state index contributed by atoms with van der Waals surface area (Å²) in [7, 11) is -8.71. The number of anilines is 1. The third kappa shape index (κ3) is 4.11. The molecule has 0 unspecified atom stereocenters. The van der Waals surface area contributed by atoms with Crippen molar-refractivity contribution < 1.29 is 25.9 Å². The average molecular weight is 407 g/mol. The van der Waals surface area contributed by atoms with Gasteiger partial charge in [-0.3, -0.25) is 9.11 Å². The molecule has 0 radical (unpaired) electrons. The smallest absolute Gasteiger partial charge is 0.294 e. The van der Waals surface area contributed by atoms with Gasteiger partial charge in [0.05, 0.1) is 21.2 Å². The first kappa shape index (κ1) is 18.9. The summed E-state index contributed by atoms with van der Waals surface area (Å²) < 4.78 is 63.0. The lowest BCUT2D eigenvalue weighted by atomic mass is 10.1. The fourth-order valence-electron chi connectivity index (χ4n) is 2.38. The van der Waals surface area contributed by atoms with Crippen LogP contribution < -0.4 is 5.73 Å². The van der Waals surface area contributed by atoms with E-state index in [0.717, 1.165) is 0 Å². The van der Waals surface area contributed by atoms with E-state index in [1.807, 2.05) is 0 Å². The van der Waals surface area contributed by atoms with Crippen LogP contribution in [0.2, 0.25) is 0 Å². The second-order valence-corrected chi connectivity index (χ2v) is 8.37. The molecule has 0 bridgehead atoms. The minimum atomic E-state index is -4.40. The van der Waals surface area contributed by atoms with E-state index in [1.54, 1.807) is 6.07 Å². The van der Waals surface area contributed by atoms with Crippen molar-refractivity contribution >= 4 is 48.1 Å². The van der Waals surface area contributed by atoms with E-state index in [9.17, 15) is 21.4 Å². The highest BCUT2D eigenvalue weighted by Crippen LogP contribution is 2.33. The van der Waals surface area contributed by atoms with E-state index in [2.05, 4.69) is 10.2 Å². The Hall–Kier alpha value is -2.86. The van der Waals surface area contributed by atoms with Crippen LogP contribution in [0.4, 0.5) is 17.1 Å². The SMILES string of the molecule is Nc1ccc(/N=N/c2ccc(S(=O)(=O)O)cc2)c2cc(S(=O)(=O)O)ccc12. The number of nitrogen functional groups attached to an aromatic ring is 1. The third-order valence-electron chi connectivity index (χ3n) is 3.70. The van der Waals surface area contributed by atoms with Crippen molar-refractivity contribution in [2.45, 2.75) is 9.79 Å². The molecule has 0 aromatic heterocycles. The highest BCUT2D eigenvalue weighted by molar-refractivity contribution is 7.86. The summed E-state index contributed by atoms with van der Waals surface area (Å²) in [5, 5.41) is 8.90. The lowest BCUT2D eigenvalue weighted by Gasteiger charge is -2.06. The van der Waals surface area contributed by atoms with Gasteiger partial charge in [0.15, 0.2) is 0 Å². The van der Waals surface area contributed by atoms with Crippen LogP contribution in [0.15, 0.2) is 74.6 Å². The topological polar surface area (TPSA) is 159 Å². The molecule has 0 saturated heterocycles. The molecule has 27 heavy (non-hydrogen) atoms. The standard InChI is InChI=1S/C16H13N3O6S2/c17-15-7-8-16(14-9-12(27(23,24)25)5-6-13(14)15)19-18-10-1-3-11(4-2-10)26(20,21)22/h1-9H,17H2,(H,20,21,22)(H,23,24,25)/b19-18+. The lowest BCUT2D eigenvalue weighted by Crippen LogP contribution is -1.98. The highest BCUT2D eigenvalue weighted by atomic mass is 32.2. The molecular formula is C16H13N3O6S2. The second-order valence-electron chi connectivity index (χ2n) is 5.53. The van der Waals surface area contributed by atoms with Crippen molar-refractivity contribution in [1.82, 2.24) is 0 Å². The van der Waals surface area contributed by atoms with Crippen molar-refractivity contribution in [2.24, 2.45) is 10.2 Å². The Morgan fingerprint density at radius 3 is 1.89 bits per heavy atom. The van der Waals surface area contributed by atoms with Crippen LogP contribution in [0.25, 0.3) is 10.8 Å². The second kappa shape index (κ2) is 6.70. The lowest BCUT2D eigenvalue weighted by molar-refractivity contribution is 0.481. The molecule has 3 aromatic carbocycles. The van der Waals surface area contributed by atoms with E-state index in [1.165, 1.54) is 48.5 Å². The number of rotatable bonds is 4. The molecule has 4 N–H and O–H groups in total. The monoisotopic (exact) mass is 407 g/mol. The first-order chi connectivity index (χ1) is 12.6. The third-order valence-corrected chi connectivity index (χ3v) is 5.42. The molecule has 0 spiro atoms. The number of nitrogens with two attached hydrogens (primary N) is 1. The van der Waals surface area contributed by atoms with Gasteiger partial charge in [0.25, 0.3) is 20.2 Å². The quantitative estimate of drug-likeness (QED) is 0.339. The molecule has 140 valence electrons. The predicted octanol–water partition coefficient (Wildman–Crippen LogP) is 3.33. The number of hydrogen-bond acceptors (Lipinski definition) is 7. The maximum Gasteiger partial charge on any atom is 0.294 e. The number of benzene rings is 3. The molecule has 11 heteroatoms. The summed E-state index contributed by atoms with van der Waals surface area (Å²) in [4.78, 5) is -0.591. The molecule has 9 nitrogen and oxygen atoms in total. The van der Waals surface area contributed by atoms with Gasteiger partial charge in [-0.15, -0.1) is 5.11 Å². The number of fused-ring (bicyclic) bond motifs is 1. The molecule has 0 amide bonds. The molecule has 3 rings (SSSR count). The Morgan fingerprint density at radius 2 is 1.30 bits per heavy atom. The van der Waals surface area contributed by atoms with Gasteiger partial charge in [0.2, 0.25) is 0 Å². The number of azo groups is 1. The van der Waals surface area contributed by atoms with Crippen molar-refractivity contribution in [2.75, 3.05) is 5.73 Å². The zero-order chi connectivity index (χ0) is 19.8. The summed E-state index contributed by atoms with van der Waals surface area (Å²) in [5.74, 6) is 0. The van der Waals surface area contributed by atoms with Crippen LogP contribution in [0.3, 0.4) is 0 Å². The van der Waals surface area contributed by atoms with E-state index in [-0.39, 0.29) is 9.79 Å². The van der Waals surface area contributed by atoms with Crippen LogP contribution in [0.5, 0.6) is 0 Å². The molecule has 0 atom stereocenters. The fraction of sp³-hybridized carbons (Fsp3) is 0. The van der Waals surface area contributed by atoms with Gasteiger partial charge in [-0.1, -0.05) is 6.07 Å². The van der Waals surface area contributed by atoms with Crippen molar-refractivity contribution in [1.29, 1.82) is 0 Å². The predicted molar refractivity (Wildman–Crippen MR) is 98.6 cm³/mol. The molecule has 0 aliphatic heterocycles. The molecule has 3 aromatic rings. The zero-order valence-corrected chi connectivity index (χ0v) is 15.1. The van der Waals surface area contributed by atoms with Crippen LogP contribution in [0.1, 0.15) is 0 Å². The summed E-state index contributed by atoms with van der Waals surface area (Å²) in [6.45, 7) is 0. The Kier molecular flexibility index (Phi) is 4.70. The van der Waals surface area contributed by atoms with Gasteiger partial charge in [0, 0.05) is 16.5 Å². The minimum absolute atomic E-state index is 0.280. The van der Waals surface area contributed by atoms with E-state index in [0.29, 0.717) is 27.8 Å². The Labute approximate surface area is 154 Å². The number of nitrogens with zero attached hydrogens (tertiary/aromatic N) is 2. The maximum atomic E-state index is 11.4. The molecule has 0 aliphatic carbocycles. The first-order valence-electron chi connectivity index (χ1n) is 7.35. The average Bonchev–Trinajstić information content (AvgIpc) is 2.60. The van der Waals surface area contributed by atoms with E-state index >= 15 is 0 Å². The van der Waals surface area contributed by atoms with Gasteiger partial charge in [-0.25, -0.2) is 0 Å². The normalized spacial score (nSPS) is 12.7. The summed E-state index contributed by atoms with van der Waals surface area (Å²) in [6.07, 6.45) is 0. The van der Waals surface area contributed by atoms with Gasteiger partial charge in [-0.2, -0.15) is 21.9 Å². The number of hydrogen-bond donors (Lipinski definition) is 3. The first-order valence-corrected chi connectivity index (χ1v) is 10.2. The van der Waals surface area contributed by atoms with Gasteiger partial charge < -0.3 is 5.73 Å². The minimum Gasteiger partial charge on any atom is -0.398 e. The highest BCUT2D eigenvalue weighted by Gasteiger charge is 2.13. The van der Waals surface area contributed by atoms with Crippen LogP contribution in [-0.2, 0) is 20.2 Å². The van der Waals surface area contributed by atoms with Gasteiger partial charge >= 0.3 is 0 Å². The van der Waals surface area contributed by atoms with E-state index in [4.69, 9.17) is 10.3 Å². The Balaban J connectivity index is 2.06. The molecule has 0 heterocycles. The molecule has 0 aliphatic rings. The Morgan fingerprint density at radius 1 is 0.704 bits per heavy atom. The fourth-order valence-corrected chi connectivity index (χ4v) is 3.37. The van der Waals surface area contributed by atoms with Crippen molar-refractivity contribution in [3.8, 4) is 0 Å². The Bertz CT molecular complexity index is 1270.